The van der Waals surface area contributed by atoms with Crippen LogP contribution < -0.4 is 21.5 Å². The van der Waals surface area contributed by atoms with Crippen molar-refractivity contribution in [3.63, 3.8) is 0 Å². The number of rotatable bonds is 7. The Morgan fingerprint density at radius 1 is 1.23 bits per heavy atom. The number of hydrogen-bond acceptors (Lipinski definition) is 6. The fourth-order valence-electron chi connectivity index (χ4n) is 3.47. The van der Waals surface area contributed by atoms with Gasteiger partial charge in [-0.05, 0) is 18.5 Å². The molecule has 7 heteroatoms. The molecule has 0 amide bonds. The zero-order valence-electron chi connectivity index (χ0n) is 15.8. The summed E-state index contributed by atoms with van der Waals surface area (Å²) < 4.78 is 1.67. The molecular formula is C19H28N6O. The molecule has 3 rings (SSSR count). The molecular weight excluding hydrogens is 328 g/mol. The molecule has 26 heavy (non-hydrogen) atoms. The molecule has 0 saturated carbocycles. The largest absolute Gasteiger partial charge is 0.335 e. The predicted molar refractivity (Wildman–Crippen MR) is 105 cm³/mol. The van der Waals surface area contributed by atoms with E-state index in [0.717, 1.165) is 31.8 Å². The summed E-state index contributed by atoms with van der Waals surface area (Å²) in [6.45, 7) is 4.26. The van der Waals surface area contributed by atoms with Crippen LogP contribution in [-0.4, -0.2) is 47.4 Å². The second kappa shape index (κ2) is 7.88. The van der Waals surface area contributed by atoms with Crippen LogP contribution in [0.25, 0.3) is 0 Å². The minimum Gasteiger partial charge on any atom is -0.335 e. The smallest absolute Gasteiger partial charge is 0.279 e. The Hall–Kier alpha value is -2.38. The average Bonchev–Trinajstić information content (AvgIpc) is 2.98. The van der Waals surface area contributed by atoms with Crippen LogP contribution in [-0.2, 0) is 19.9 Å². The van der Waals surface area contributed by atoms with Crippen molar-refractivity contribution in [2.75, 3.05) is 36.9 Å². The van der Waals surface area contributed by atoms with E-state index in [1.165, 1.54) is 5.56 Å². The van der Waals surface area contributed by atoms with E-state index in [4.69, 9.17) is 10.7 Å². The topological polar surface area (TPSA) is 79.4 Å². The summed E-state index contributed by atoms with van der Waals surface area (Å²) in [6.07, 6.45) is 1.48. The van der Waals surface area contributed by atoms with Gasteiger partial charge in [-0.25, -0.2) is 4.98 Å². The monoisotopic (exact) mass is 356 g/mol. The third-order valence-corrected chi connectivity index (χ3v) is 4.99. The SMILES string of the molecule is CCN(CCN)C1Nc2nc(CCc3ccccc3)n(C)c(=O)c2N1C. The molecule has 0 radical (unpaired) electrons. The van der Waals surface area contributed by atoms with Gasteiger partial charge < -0.3 is 16.0 Å². The summed E-state index contributed by atoms with van der Waals surface area (Å²) >= 11 is 0. The minimum absolute atomic E-state index is 0.0145. The third kappa shape index (κ3) is 3.45. The quantitative estimate of drug-likeness (QED) is 0.770. The van der Waals surface area contributed by atoms with Crippen LogP contribution >= 0.6 is 0 Å². The number of aromatic nitrogens is 2. The van der Waals surface area contributed by atoms with E-state index in [2.05, 4.69) is 29.3 Å². The number of anilines is 2. The Morgan fingerprint density at radius 2 is 1.96 bits per heavy atom. The van der Waals surface area contributed by atoms with Crippen LogP contribution in [0.15, 0.2) is 35.1 Å². The lowest BCUT2D eigenvalue weighted by Crippen LogP contribution is -2.50. The van der Waals surface area contributed by atoms with Gasteiger partial charge in [0.25, 0.3) is 5.56 Å². The molecule has 1 aliphatic heterocycles. The second-order valence-electron chi connectivity index (χ2n) is 6.62. The van der Waals surface area contributed by atoms with Gasteiger partial charge in [-0.15, -0.1) is 0 Å². The number of aryl methyl sites for hydroxylation is 2. The number of nitrogens with one attached hydrogen (secondary N) is 1. The fraction of sp³-hybridized carbons (Fsp3) is 0.474. The van der Waals surface area contributed by atoms with Crippen LogP contribution in [0.3, 0.4) is 0 Å². The van der Waals surface area contributed by atoms with Crippen LogP contribution in [0.2, 0.25) is 0 Å². The molecule has 7 nitrogen and oxygen atoms in total. The molecule has 1 aliphatic rings. The second-order valence-corrected chi connectivity index (χ2v) is 6.62. The maximum Gasteiger partial charge on any atom is 0.279 e. The van der Waals surface area contributed by atoms with Gasteiger partial charge in [-0.3, -0.25) is 14.3 Å². The molecule has 0 bridgehead atoms. The number of hydrogen-bond donors (Lipinski definition) is 2. The van der Waals surface area contributed by atoms with Crippen LogP contribution in [0, 0.1) is 0 Å². The van der Waals surface area contributed by atoms with Gasteiger partial charge >= 0.3 is 0 Å². The number of benzene rings is 1. The Balaban J connectivity index is 1.85. The standard InChI is InChI=1S/C19H28N6O/c1-4-25(13-12-20)19-22-17-16(24(19)3)18(26)23(2)15(21-17)11-10-14-8-6-5-7-9-14/h5-9,19,22H,4,10-13,20H2,1-3H3. The zero-order chi connectivity index (χ0) is 18.7. The van der Waals surface area contributed by atoms with Crippen LogP contribution in [0.4, 0.5) is 11.5 Å². The van der Waals surface area contributed by atoms with Crippen LogP contribution in [0.5, 0.6) is 0 Å². The molecule has 1 atom stereocenters. The van der Waals surface area contributed by atoms with Gasteiger partial charge in [0.2, 0.25) is 0 Å². The highest BCUT2D eigenvalue weighted by Crippen LogP contribution is 2.29. The van der Waals surface area contributed by atoms with Crippen molar-refractivity contribution in [2.45, 2.75) is 26.1 Å². The van der Waals surface area contributed by atoms with Crippen LogP contribution in [0.1, 0.15) is 18.3 Å². The molecule has 3 N–H and O–H groups in total. The molecule has 1 aromatic heterocycles. The van der Waals surface area contributed by atoms with Gasteiger partial charge in [0.15, 0.2) is 12.1 Å². The molecule has 0 saturated heterocycles. The van der Waals surface area contributed by atoms with E-state index in [9.17, 15) is 4.79 Å². The van der Waals surface area contributed by atoms with Gasteiger partial charge in [-0.1, -0.05) is 37.3 Å². The highest BCUT2D eigenvalue weighted by Gasteiger charge is 2.34. The summed E-state index contributed by atoms with van der Waals surface area (Å²) in [5.74, 6) is 1.46. The van der Waals surface area contributed by atoms with E-state index in [1.54, 1.807) is 11.6 Å². The van der Waals surface area contributed by atoms with Crippen molar-refractivity contribution in [3.8, 4) is 0 Å². The molecule has 2 heterocycles. The van der Waals surface area contributed by atoms with E-state index in [-0.39, 0.29) is 11.8 Å². The van der Waals surface area contributed by atoms with Crippen molar-refractivity contribution in [3.05, 3.63) is 52.1 Å². The summed E-state index contributed by atoms with van der Waals surface area (Å²) in [5, 5.41) is 3.40. The number of nitrogens with two attached hydrogens (primary N) is 1. The predicted octanol–water partition coefficient (Wildman–Crippen LogP) is 0.991. The Bertz CT molecular complexity index is 804. The van der Waals surface area contributed by atoms with Crippen molar-refractivity contribution in [1.29, 1.82) is 0 Å². The van der Waals surface area contributed by atoms with E-state index in [0.29, 0.717) is 18.1 Å². The first-order chi connectivity index (χ1) is 12.6. The minimum atomic E-state index is -0.0943. The molecule has 1 unspecified atom stereocenters. The van der Waals surface area contributed by atoms with Crippen molar-refractivity contribution >= 4 is 11.5 Å². The highest BCUT2D eigenvalue weighted by molar-refractivity contribution is 5.70. The first-order valence-electron chi connectivity index (χ1n) is 9.14. The zero-order valence-corrected chi connectivity index (χ0v) is 15.8. The molecule has 0 fully saturated rings. The van der Waals surface area contributed by atoms with Crippen molar-refractivity contribution in [1.82, 2.24) is 14.5 Å². The lowest BCUT2D eigenvalue weighted by atomic mass is 10.1. The molecule has 2 aromatic rings. The van der Waals surface area contributed by atoms with Gasteiger partial charge in [0.05, 0.1) is 0 Å². The van der Waals surface area contributed by atoms with E-state index in [1.807, 2.05) is 30.1 Å². The Kier molecular flexibility index (Phi) is 5.58. The summed E-state index contributed by atoms with van der Waals surface area (Å²) in [5.41, 5.74) is 7.57. The first-order valence-corrected chi connectivity index (χ1v) is 9.14. The lowest BCUT2D eigenvalue weighted by molar-refractivity contribution is 0.236. The molecule has 1 aromatic carbocycles. The fourth-order valence-corrected chi connectivity index (χ4v) is 3.47. The summed E-state index contributed by atoms with van der Waals surface area (Å²) in [6, 6.07) is 10.3. The molecule has 140 valence electrons. The number of nitrogens with zero attached hydrogens (tertiary/aromatic N) is 4. The third-order valence-electron chi connectivity index (χ3n) is 4.99. The van der Waals surface area contributed by atoms with Gasteiger partial charge in [-0.2, -0.15) is 0 Å². The van der Waals surface area contributed by atoms with E-state index < -0.39 is 0 Å². The van der Waals surface area contributed by atoms with Crippen molar-refractivity contribution < 1.29 is 0 Å². The van der Waals surface area contributed by atoms with Gasteiger partial charge in [0.1, 0.15) is 11.5 Å². The summed E-state index contributed by atoms with van der Waals surface area (Å²) in [7, 11) is 3.73. The normalized spacial score (nSPS) is 16.0. The highest BCUT2D eigenvalue weighted by atomic mass is 16.1. The lowest BCUT2D eigenvalue weighted by Gasteiger charge is -2.32. The number of likely N-dealkylation sites (N-methyl/N-ethyl adjacent to an activating group) is 1. The Morgan fingerprint density at radius 3 is 2.62 bits per heavy atom. The molecule has 0 aliphatic carbocycles. The average molecular weight is 356 g/mol. The first kappa shape index (κ1) is 18.4. The van der Waals surface area contributed by atoms with Crippen molar-refractivity contribution in [2.24, 2.45) is 12.8 Å². The van der Waals surface area contributed by atoms with E-state index >= 15 is 0 Å². The maximum absolute atomic E-state index is 12.9. The Labute approximate surface area is 154 Å². The maximum atomic E-state index is 12.9. The number of fused-ring (bicyclic) bond motifs is 1. The summed E-state index contributed by atoms with van der Waals surface area (Å²) in [4.78, 5) is 21.8. The molecule has 0 spiro atoms. The van der Waals surface area contributed by atoms with Gasteiger partial charge in [0, 0.05) is 33.6 Å².